The van der Waals surface area contributed by atoms with Crippen molar-refractivity contribution < 1.29 is 14.4 Å². The Morgan fingerprint density at radius 3 is 2.52 bits per heavy atom. The van der Waals surface area contributed by atoms with E-state index in [-0.39, 0.29) is 24.1 Å². The molecule has 6 heteroatoms. The lowest BCUT2D eigenvalue weighted by Gasteiger charge is -2.26. The number of carbonyl (C=O) groups excluding carboxylic acids is 3. The van der Waals surface area contributed by atoms with E-state index in [1.54, 1.807) is 18.2 Å². The van der Waals surface area contributed by atoms with Crippen LogP contribution in [0.25, 0.3) is 0 Å². The fraction of sp³-hybridized carbons (Fsp3) is 0.286. The highest BCUT2D eigenvalue weighted by Gasteiger charge is 2.43. The zero-order chi connectivity index (χ0) is 19.6. The SMILES string of the molecule is CC(=O)N(CCc1cccc(Cl)c1)C1CC(=O)N(c2ccc(C)cc2)C1=O. The van der Waals surface area contributed by atoms with Crippen LogP contribution in [0.15, 0.2) is 48.5 Å². The Bertz CT molecular complexity index is 879. The molecule has 1 atom stereocenters. The minimum Gasteiger partial charge on any atom is -0.330 e. The number of nitrogens with zero attached hydrogens (tertiary/aromatic N) is 2. The van der Waals surface area contributed by atoms with Crippen LogP contribution in [0.3, 0.4) is 0 Å². The second-order valence-electron chi connectivity index (χ2n) is 6.72. The number of hydrogen-bond acceptors (Lipinski definition) is 3. The molecule has 1 unspecified atom stereocenters. The van der Waals surface area contributed by atoms with E-state index >= 15 is 0 Å². The van der Waals surface area contributed by atoms with Crippen molar-refractivity contribution >= 4 is 35.0 Å². The Kier molecular flexibility index (Phi) is 5.61. The first-order chi connectivity index (χ1) is 12.9. The summed E-state index contributed by atoms with van der Waals surface area (Å²) in [4.78, 5) is 40.2. The minimum absolute atomic E-state index is 0.00182. The number of amides is 3. The van der Waals surface area contributed by atoms with Crippen molar-refractivity contribution in [1.82, 2.24) is 4.90 Å². The molecule has 1 aliphatic rings. The lowest BCUT2D eigenvalue weighted by Crippen LogP contribution is -2.45. The number of benzene rings is 2. The van der Waals surface area contributed by atoms with Gasteiger partial charge in [0.2, 0.25) is 11.8 Å². The zero-order valence-corrected chi connectivity index (χ0v) is 16.1. The smallest absolute Gasteiger partial charge is 0.257 e. The number of rotatable bonds is 5. The van der Waals surface area contributed by atoms with Crippen molar-refractivity contribution in [3.63, 3.8) is 0 Å². The standard InChI is InChI=1S/C21H21ClN2O3/c1-14-6-8-18(9-7-14)24-20(26)13-19(21(24)27)23(15(2)25)11-10-16-4-3-5-17(22)12-16/h3-9,12,19H,10-11,13H2,1-2H3. The molecule has 2 aromatic rings. The molecule has 0 spiro atoms. The Hall–Kier alpha value is -2.66. The van der Waals surface area contributed by atoms with Gasteiger partial charge in [0.25, 0.3) is 5.91 Å². The molecule has 1 saturated heterocycles. The van der Waals surface area contributed by atoms with Gasteiger partial charge in [-0.05, 0) is 43.2 Å². The van der Waals surface area contributed by atoms with E-state index in [0.717, 1.165) is 11.1 Å². The van der Waals surface area contributed by atoms with Crippen LogP contribution >= 0.6 is 11.6 Å². The van der Waals surface area contributed by atoms with Crippen LogP contribution in [0.2, 0.25) is 5.02 Å². The molecule has 140 valence electrons. The zero-order valence-electron chi connectivity index (χ0n) is 15.3. The molecule has 0 aliphatic carbocycles. The molecule has 0 aromatic heterocycles. The van der Waals surface area contributed by atoms with Gasteiger partial charge in [0, 0.05) is 18.5 Å². The first-order valence-electron chi connectivity index (χ1n) is 8.82. The van der Waals surface area contributed by atoms with Crippen LogP contribution < -0.4 is 4.90 Å². The summed E-state index contributed by atoms with van der Waals surface area (Å²) in [5.74, 6) is -0.873. The van der Waals surface area contributed by atoms with Crippen LogP contribution in [0.1, 0.15) is 24.5 Å². The summed E-state index contributed by atoms with van der Waals surface area (Å²) in [7, 11) is 0. The van der Waals surface area contributed by atoms with Gasteiger partial charge in [-0.3, -0.25) is 14.4 Å². The molecule has 1 aliphatic heterocycles. The second-order valence-corrected chi connectivity index (χ2v) is 7.15. The molecular weight excluding hydrogens is 364 g/mol. The van der Waals surface area contributed by atoms with E-state index in [1.807, 2.05) is 37.3 Å². The molecule has 27 heavy (non-hydrogen) atoms. The predicted molar refractivity (Wildman–Crippen MR) is 105 cm³/mol. The van der Waals surface area contributed by atoms with E-state index in [4.69, 9.17) is 11.6 Å². The number of halogens is 1. The van der Waals surface area contributed by atoms with Crippen molar-refractivity contribution in [1.29, 1.82) is 0 Å². The average Bonchev–Trinajstić information content (AvgIpc) is 2.90. The number of anilines is 1. The number of imide groups is 1. The Morgan fingerprint density at radius 2 is 1.89 bits per heavy atom. The Labute approximate surface area is 163 Å². The van der Waals surface area contributed by atoms with Gasteiger partial charge in [0.15, 0.2) is 0 Å². The molecule has 0 bridgehead atoms. The van der Waals surface area contributed by atoms with Gasteiger partial charge < -0.3 is 4.90 Å². The summed E-state index contributed by atoms with van der Waals surface area (Å²) < 4.78 is 0. The molecule has 0 saturated carbocycles. The highest BCUT2D eigenvalue weighted by atomic mass is 35.5. The minimum atomic E-state index is -0.768. The summed E-state index contributed by atoms with van der Waals surface area (Å²) >= 11 is 6.00. The molecular formula is C21H21ClN2O3. The molecule has 5 nitrogen and oxygen atoms in total. The quantitative estimate of drug-likeness (QED) is 0.742. The van der Waals surface area contributed by atoms with Crippen molar-refractivity contribution in [3.05, 3.63) is 64.7 Å². The van der Waals surface area contributed by atoms with Crippen LogP contribution in [0, 0.1) is 6.92 Å². The van der Waals surface area contributed by atoms with Gasteiger partial charge in [0.05, 0.1) is 12.1 Å². The van der Waals surface area contributed by atoms with Gasteiger partial charge >= 0.3 is 0 Å². The molecule has 1 heterocycles. The summed E-state index contributed by atoms with van der Waals surface area (Å²) in [6, 6.07) is 13.8. The van der Waals surface area contributed by atoms with Crippen LogP contribution in [0.5, 0.6) is 0 Å². The van der Waals surface area contributed by atoms with E-state index < -0.39 is 6.04 Å². The summed E-state index contributed by atoms with van der Waals surface area (Å²) in [6.07, 6.45) is 0.560. The maximum atomic E-state index is 12.9. The average molecular weight is 385 g/mol. The maximum Gasteiger partial charge on any atom is 0.257 e. The van der Waals surface area contributed by atoms with Crippen molar-refractivity contribution in [3.8, 4) is 0 Å². The largest absolute Gasteiger partial charge is 0.330 e. The molecule has 0 N–H and O–H groups in total. The lowest BCUT2D eigenvalue weighted by molar-refractivity contribution is -0.136. The van der Waals surface area contributed by atoms with E-state index in [0.29, 0.717) is 23.7 Å². The Morgan fingerprint density at radius 1 is 1.19 bits per heavy atom. The molecule has 1 fully saturated rings. The number of carbonyl (C=O) groups is 3. The predicted octanol–water partition coefficient (Wildman–Crippen LogP) is 3.37. The van der Waals surface area contributed by atoms with Gasteiger partial charge in [-0.1, -0.05) is 41.4 Å². The van der Waals surface area contributed by atoms with Crippen molar-refractivity contribution in [2.24, 2.45) is 0 Å². The first kappa shape index (κ1) is 19.1. The Balaban J connectivity index is 1.77. The highest BCUT2D eigenvalue weighted by molar-refractivity contribution is 6.30. The van der Waals surface area contributed by atoms with E-state index in [1.165, 1.54) is 16.7 Å². The van der Waals surface area contributed by atoms with Crippen LogP contribution in [-0.2, 0) is 20.8 Å². The summed E-state index contributed by atoms with van der Waals surface area (Å²) in [6.45, 7) is 3.71. The number of aryl methyl sites for hydroxylation is 1. The summed E-state index contributed by atoms with van der Waals surface area (Å²) in [5.41, 5.74) is 2.55. The first-order valence-corrected chi connectivity index (χ1v) is 9.19. The van der Waals surface area contributed by atoms with Crippen LogP contribution in [-0.4, -0.2) is 35.2 Å². The number of hydrogen-bond donors (Lipinski definition) is 0. The normalized spacial score (nSPS) is 16.7. The third kappa shape index (κ3) is 4.19. The van der Waals surface area contributed by atoms with Gasteiger partial charge in [0.1, 0.15) is 6.04 Å². The van der Waals surface area contributed by atoms with Gasteiger partial charge in [-0.15, -0.1) is 0 Å². The van der Waals surface area contributed by atoms with E-state index in [2.05, 4.69) is 0 Å². The topological polar surface area (TPSA) is 57.7 Å². The molecule has 3 amide bonds. The van der Waals surface area contributed by atoms with E-state index in [9.17, 15) is 14.4 Å². The van der Waals surface area contributed by atoms with Crippen LogP contribution in [0.4, 0.5) is 5.69 Å². The molecule has 0 radical (unpaired) electrons. The monoisotopic (exact) mass is 384 g/mol. The molecule has 2 aromatic carbocycles. The molecule has 3 rings (SSSR count). The third-order valence-electron chi connectivity index (χ3n) is 4.73. The maximum absolute atomic E-state index is 12.9. The van der Waals surface area contributed by atoms with Crippen molar-refractivity contribution in [2.45, 2.75) is 32.7 Å². The fourth-order valence-electron chi connectivity index (χ4n) is 3.30. The fourth-order valence-corrected chi connectivity index (χ4v) is 3.51. The highest BCUT2D eigenvalue weighted by Crippen LogP contribution is 2.26. The third-order valence-corrected chi connectivity index (χ3v) is 4.96. The summed E-state index contributed by atoms with van der Waals surface area (Å²) in [5, 5.41) is 0.625. The second kappa shape index (κ2) is 7.92. The van der Waals surface area contributed by atoms with Crippen molar-refractivity contribution in [2.75, 3.05) is 11.4 Å². The lowest BCUT2D eigenvalue weighted by atomic mass is 10.1. The van der Waals surface area contributed by atoms with Gasteiger partial charge in [-0.25, -0.2) is 4.90 Å². The van der Waals surface area contributed by atoms with Gasteiger partial charge in [-0.2, -0.15) is 0 Å².